The van der Waals surface area contributed by atoms with Crippen LogP contribution in [0.2, 0.25) is 0 Å². The Bertz CT molecular complexity index is 515. The number of nitrogens with zero attached hydrogens (tertiary/aromatic N) is 3. The first-order valence-corrected chi connectivity index (χ1v) is 6.84. The number of nitrogens with one attached hydrogen (secondary N) is 1. The molecule has 0 saturated carbocycles. The summed E-state index contributed by atoms with van der Waals surface area (Å²) >= 11 is 3.57. The zero-order valence-corrected chi connectivity index (χ0v) is 12.6. The normalized spacial score (nSPS) is 12.6. The molecule has 102 valence electrons. The summed E-state index contributed by atoms with van der Waals surface area (Å²) < 4.78 is 8.06. The van der Waals surface area contributed by atoms with Crippen molar-refractivity contribution in [1.82, 2.24) is 20.1 Å². The molecule has 0 amide bonds. The molecule has 2 aromatic heterocycles. The van der Waals surface area contributed by atoms with Crippen molar-refractivity contribution in [3.05, 3.63) is 46.5 Å². The van der Waals surface area contributed by atoms with Crippen molar-refractivity contribution in [3.8, 4) is 0 Å². The maximum atomic E-state index is 5.12. The second-order valence-corrected chi connectivity index (χ2v) is 4.95. The fourth-order valence-electron chi connectivity index (χ4n) is 2.03. The molecule has 19 heavy (non-hydrogen) atoms. The Morgan fingerprint density at radius 2 is 2.16 bits per heavy atom. The Kier molecular flexibility index (Phi) is 5.07. The number of hydrogen-bond donors (Lipinski definition) is 1. The molecular weight excluding hydrogens is 308 g/mol. The number of aromatic nitrogens is 3. The van der Waals surface area contributed by atoms with E-state index in [1.165, 1.54) is 0 Å². The first-order valence-electron chi connectivity index (χ1n) is 6.05. The highest BCUT2D eigenvalue weighted by atomic mass is 79.9. The van der Waals surface area contributed by atoms with Crippen LogP contribution in [0.5, 0.6) is 0 Å². The molecule has 2 rings (SSSR count). The maximum absolute atomic E-state index is 5.12. The van der Waals surface area contributed by atoms with Crippen LogP contribution in [0, 0.1) is 0 Å². The summed E-state index contributed by atoms with van der Waals surface area (Å²) in [5.41, 5.74) is 2.24. The number of methoxy groups -OCH3 is 1. The number of pyridine rings is 1. The Hall–Kier alpha value is -1.24. The summed E-state index contributed by atoms with van der Waals surface area (Å²) in [7, 11) is 3.63. The first-order chi connectivity index (χ1) is 9.27. The van der Waals surface area contributed by atoms with Gasteiger partial charge in [-0.2, -0.15) is 5.10 Å². The Morgan fingerprint density at radius 1 is 1.42 bits per heavy atom. The van der Waals surface area contributed by atoms with Gasteiger partial charge in [0.05, 0.1) is 35.6 Å². The van der Waals surface area contributed by atoms with Crippen LogP contribution in [0.15, 0.2) is 35.2 Å². The smallest absolute Gasteiger partial charge is 0.0758 e. The van der Waals surface area contributed by atoms with Gasteiger partial charge in [-0.05, 0) is 40.7 Å². The van der Waals surface area contributed by atoms with Crippen LogP contribution in [-0.2, 0) is 11.3 Å². The van der Waals surface area contributed by atoms with E-state index in [4.69, 9.17) is 4.74 Å². The lowest BCUT2D eigenvalue weighted by molar-refractivity contribution is 0.182. The SMILES string of the molecule is CNC(c1ccncc1)c1c(Br)cnn1CCOC. The summed E-state index contributed by atoms with van der Waals surface area (Å²) in [5, 5.41) is 7.70. The summed E-state index contributed by atoms with van der Waals surface area (Å²) in [5.74, 6) is 0. The zero-order chi connectivity index (χ0) is 13.7. The second kappa shape index (κ2) is 6.79. The quantitative estimate of drug-likeness (QED) is 0.883. The molecule has 6 heteroatoms. The fraction of sp³-hybridized carbons (Fsp3) is 0.385. The van der Waals surface area contributed by atoms with Crippen LogP contribution in [0.3, 0.4) is 0 Å². The predicted molar refractivity (Wildman–Crippen MR) is 76.9 cm³/mol. The molecular formula is C13H17BrN4O. The molecule has 0 saturated heterocycles. The fourth-order valence-corrected chi connectivity index (χ4v) is 2.56. The first kappa shape index (κ1) is 14.2. The molecule has 0 aromatic carbocycles. The van der Waals surface area contributed by atoms with Gasteiger partial charge in [-0.1, -0.05) is 0 Å². The minimum atomic E-state index is 0.0664. The Labute approximate surface area is 121 Å². The summed E-state index contributed by atoms with van der Waals surface area (Å²) in [4.78, 5) is 4.06. The molecule has 0 aliphatic rings. The average Bonchev–Trinajstić information content (AvgIpc) is 2.80. The van der Waals surface area contributed by atoms with Gasteiger partial charge in [0.15, 0.2) is 0 Å². The standard InChI is InChI=1S/C13H17BrN4O/c1-15-12(10-3-5-16-6-4-10)13-11(14)9-17-18(13)7-8-19-2/h3-6,9,12,15H,7-8H2,1-2H3. The van der Waals surface area contributed by atoms with Crippen molar-refractivity contribution in [3.63, 3.8) is 0 Å². The monoisotopic (exact) mass is 324 g/mol. The molecule has 1 atom stereocenters. The number of hydrogen-bond acceptors (Lipinski definition) is 4. The van der Waals surface area contributed by atoms with Gasteiger partial charge in [0.1, 0.15) is 0 Å². The predicted octanol–water partition coefficient (Wildman–Crippen LogP) is 2.00. The van der Waals surface area contributed by atoms with E-state index < -0.39 is 0 Å². The van der Waals surface area contributed by atoms with Gasteiger partial charge in [0.25, 0.3) is 0 Å². The minimum Gasteiger partial charge on any atom is -0.383 e. The number of ether oxygens (including phenoxy) is 1. The molecule has 0 radical (unpaired) electrons. The third-order valence-corrected chi connectivity index (χ3v) is 3.55. The third kappa shape index (κ3) is 3.20. The van der Waals surface area contributed by atoms with Gasteiger partial charge in [0, 0.05) is 19.5 Å². The third-order valence-electron chi connectivity index (χ3n) is 2.94. The van der Waals surface area contributed by atoms with E-state index in [0.29, 0.717) is 6.61 Å². The highest BCUT2D eigenvalue weighted by Crippen LogP contribution is 2.28. The molecule has 0 aliphatic carbocycles. The van der Waals surface area contributed by atoms with Crippen LogP contribution < -0.4 is 5.32 Å². The summed E-state index contributed by atoms with van der Waals surface area (Å²) in [6.07, 6.45) is 5.41. The number of rotatable bonds is 6. The highest BCUT2D eigenvalue weighted by molar-refractivity contribution is 9.10. The van der Waals surface area contributed by atoms with E-state index in [9.17, 15) is 0 Å². The van der Waals surface area contributed by atoms with Gasteiger partial charge in [-0.25, -0.2) is 0 Å². The van der Waals surface area contributed by atoms with Crippen LogP contribution in [0.4, 0.5) is 0 Å². The van der Waals surface area contributed by atoms with Gasteiger partial charge >= 0.3 is 0 Å². The zero-order valence-electron chi connectivity index (χ0n) is 11.0. The molecule has 5 nitrogen and oxygen atoms in total. The molecule has 0 aliphatic heterocycles. The lowest BCUT2D eigenvalue weighted by atomic mass is 10.1. The van der Waals surface area contributed by atoms with Crippen molar-refractivity contribution >= 4 is 15.9 Å². The van der Waals surface area contributed by atoms with Crippen LogP contribution in [0.25, 0.3) is 0 Å². The van der Waals surface area contributed by atoms with E-state index in [0.717, 1.165) is 22.3 Å². The van der Waals surface area contributed by atoms with Crippen molar-refractivity contribution in [1.29, 1.82) is 0 Å². The van der Waals surface area contributed by atoms with Gasteiger partial charge in [-0.3, -0.25) is 9.67 Å². The molecule has 2 aromatic rings. The van der Waals surface area contributed by atoms with E-state index in [1.54, 1.807) is 19.5 Å². The number of halogens is 1. The Morgan fingerprint density at radius 3 is 2.79 bits per heavy atom. The molecule has 0 spiro atoms. The maximum Gasteiger partial charge on any atom is 0.0758 e. The molecule has 1 unspecified atom stereocenters. The molecule has 0 bridgehead atoms. The van der Waals surface area contributed by atoms with E-state index in [1.807, 2.05) is 30.1 Å². The lowest BCUT2D eigenvalue weighted by Gasteiger charge is -2.19. The minimum absolute atomic E-state index is 0.0664. The Balaban J connectivity index is 2.35. The van der Waals surface area contributed by atoms with Gasteiger partial charge in [-0.15, -0.1) is 0 Å². The van der Waals surface area contributed by atoms with Crippen LogP contribution in [-0.4, -0.2) is 35.5 Å². The molecule has 2 heterocycles. The van der Waals surface area contributed by atoms with E-state index in [2.05, 4.69) is 31.3 Å². The van der Waals surface area contributed by atoms with Crippen LogP contribution >= 0.6 is 15.9 Å². The van der Waals surface area contributed by atoms with Crippen molar-refractivity contribution in [2.24, 2.45) is 0 Å². The largest absolute Gasteiger partial charge is 0.383 e. The molecule has 0 fully saturated rings. The van der Waals surface area contributed by atoms with Gasteiger partial charge in [0.2, 0.25) is 0 Å². The van der Waals surface area contributed by atoms with Gasteiger partial charge < -0.3 is 10.1 Å². The topological polar surface area (TPSA) is 52.0 Å². The lowest BCUT2D eigenvalue weighted by Crippen LogP contribution is -2.23. The van der Waals surface area contributed by atoms with E-state index >= 15 is 0 Å². The van der Waals surface area contributed by atoms with E-state index in [-0.39, 0.29) is 6.04 Å². The second-order valence-electron chi connectivity index (χ2n) is 4.10. The van der Waals surface area contributed by atoms with Crippen molar-refractivity contribution in [2.45, 2.75) is 12.6 Å². The molecule has 1 N–H and O–H groups in total. The summed E-state index contributed by atoms with van der Waals surface area (Å²) in [6, 6.07) is 4.07. The average molecular weight is 325 g/mol. The summed E-state index contributed by atoms with van der Waals surface area (Å²) in [6.45, 7) is 1.36. The van der Waals surface area contributed by atoms with Crippen LogP contribution in [0.1, 0.15) is 17.3 Å². The van der Waals surface area contributed by atoms with Crippen molar-refractivity contribution in [2.75, 3.05) is 20.8 Å². The van der Waals surface area contributed by atoms with Crippen molar-refractivity contribution < 1.29 is 4.74 Å². The highest BCUT2D eigenvalue weighted by Gasteiger charge is 2.20.